The fraction of sp³-hybridized carbons (Fsp3) is 0.435. The number of carbonyl (C=O) groups excluding carboxylic acids is 1. The van der Waals surface area contributed by atoms with Gasteiger partial charge in [-0.15, -0.1) is 0 Å². The average molecular weight is 398 g/mol. The standard InChI is InChI=1S/C23H31N3O3/c1-26(19-5-3-2-4-6-19)15-16-7-10-18(11-8-16)25-14-22(28)17-9-12-21(27)20(13-17)23(24)29/h2-6,9,12-13,16,18,22,25,27-28H,7-8,10-11,14-15H2,1H3,(H2,24,29)/t16-,18-,22?. The summed E-state index contributed by atoms with van der Waals surface area (Å²) in [6, 6.07) is 15.3. The van der Waals surface area contributed by atoms with Crippen LogP contribution in [0.15, 0.2) is 48.5 Å². The summed E-state index contributed by atoms with van der Waals surface area (Å²) in [6.07, 6.45) is 3.74. The maximum Gasteiger partial charge on any atom is 0.252 e. The number of phenols is 1. The number of para-hydroxylation sites is 1. The molecule has 3 rings (SSSR count). The lowest BCUT2D eigenvalue weighted by atomic mass is 9.85. The van der Waals surface area contributed by atoms with Gasteiger partial charge in [0.2, 0.25) is 0 Å². The molecule has 1 unspecified atom stereocenters. The maximum atomic E-state index is 11.4. The van der Waals surface area contributed by atoms with Crippen molar-refractivity contribution in [3.63, 3.8) is 0 Å². The first-order valence-corrected chi connectivity index (χ1v) is 10.2. The monoisotopic (exact) mass is 397 g/mol. The Kier molecular flexibility index (Phi) is 7.12. The van der Waals surface area contributed by atoms with E-state index in [0.717, 1.165) is 32.2 Å². The number of nitrogens with one attached hydrogen (secondary N) is 1. The normalized spacial score (nSPS) is 20.2. The molecule has 0 saturated heterocycles. The van der Waals surface area contributed by atoms with Crippen molar-refractivity contribution in [2.24, 2.45) is 11.7 Å². The largest absolute Gasteiger partial charge is 0.507 e. The lowest BCUT2D eigenvalue weighted by molar-refractivity contribution is 0.0997. The highest BCUT2D eigenvalue weighted by Gasteiger charge is 2.23. The molecule has 29 heavy (non-hydrogen) atoms. The molecule has 5 N–H and O–H groups in total. The molecule has 1 aliphatic carbocycles. The molecule has 0 bridgehead atoms. The molecule has 2 aromatic carbocycles. The zero-order valence-electron chi connectivity index (χ0n) is 16.9. The predicted octanol–water partition coefficient (Wildman–Crippen LogP) is 2.81. The fourth-order valence-electron chi connectivity index (χ4n) is 4.08. The molecule has 1 fully saturated rings. The van der Waals surface area contributed by atoms with E-state index in [9.17, 15) is 15.0 Å². The second kappa shape index (κ2) is 9.76. The summed E-state index contributed by atoms with van der Waals surface area (Å²) in [5.74, 6) is -0.193. The first kappa shape index (κ1) is 21.1. The van der Waals surface area contributed by atoms with Crippen LogP contribution in [0.25, 0.3) is 0 Å². The molecule has 1 amide bonds. The van der Waals surface area contributed by atoms with E-state index in [2.05, 4.69) is 41.5 Å². The topological polar surface area (TPSA) is 98.8 Å². The van der Waals surface area contributed by atoms with Crippen LogP contribution in [0.5, 0.6) is 5.75 Å². The van der Waals surface area contributed by atoms with E-state index in [1.165, 1.54) is 17.8 Å². The fourth-order valence-corrected chi connectivity index (χ4v) is 4.08. The number of nitrogens with two attached hydrogens (primary N) is 1. The van der Waals surface area contributed by atoms with Gasteiger partial charge in [0.05, 0.1) is 11.7 Å². The summed E-state index contributed by atoms with van der Waals surface area (Å²) >= 11 is 0. The summed E-state index contributed by atoms with van der Waals surface area (Å²) in [6.45, 7) is 1.46. The van der Waals surface area contributed by atoms with Gasteiger partial charge in [-0.2, -0.15) is 0 Å². The van der Waals surface area contributed by atoms with Crippen LogP contribution >= 0.6 is 0 Å². The molecule has 1 saturated carbocycles. The van der Waals surface area contributed by atoms with Gasteiger partial charge in [-0.05, 0) is 61.4 Å². The van der Waals surface area contributed by atoms with Crippen molar-refractivity contribution in [2.75, 3.05) is 25.0 Å². The third-order valence-corrected chi connectivity index (χ3v) is 5.85. The molecule has 156 valence electrons. The highest BCUT2D eigenvalue weighted by atomic mass is 16.3. The van der Waals surface area contributed by atoms with Crippen LogP contribution in [-0.4, -0.2) is 42.3 Å². The van der Waals surface area contributed by atoms with Gasteiger partial charge >= 0.3 is 0 Å². The number of carbonyl (C=O) groups is 1. The minimum Gasteiger partial charge on any atom is -0.507 e. The summed E-state index contributed by atoms with van der Waals surface area (Å²) in [5, 5.41) is 23.6. The number of aliphatic hydroxyl groups is 1. The van der Waals surface area contributed by atoms with Crippen LogP contribution in [0, 0.1) is 5.92 Å². The molecule has 0 heterocycles. The van der Waals surface area contributed by atoms with E-state index >= 15 is 0 Å². The molecule has 0 aromatic heterocycles. The van der Waals surface area contributed by atoms with Crippen molar-refractivity contribution in [1.82, 2.24) is 5.32 Å². The molecule has 6 heteroatoms. The number of aliphatic hydroxyl groups excluding tert-OH is 1. The molecule has 0 radical (unpaired) electrons. The Bertz CT molecular complexity index is 804. The Labute approximate surface area is 172 Å². The van der Waals surface area contributed by atoms with Crippen LogP contribution in [0.1, 0.15) is 47.7 Å². The van der Waals surface area contributed by atoms with Gasteiger partial charge in [0.1, 0.15) is 5.75 Å². The molecule has 6 nitrogen and oxygen atoms in total. The van der Waals surface area contributed by atoms with Gasteiger partial charge < -0.3 is 26.2 Å². The Morgan fingerprint density at radius 2 is 1.86 bits per heavy atom. The highest BCUT2D eigenvalue weighted by Crippen LogP contribution is 2.27. The Hall–Kier alpha value is -2.57. The van der Waals surface area contributed by atoms with Crippen LogP contribution in [0.2, 0.25) is 0 Å². The summed E-state index contributed by atoms with van der Waals surface area (Å²) < 4.78 is 0. The lowest BCUT2D eigenvalue weighted by Crippen LogP contribution is -2.38. The van der Waals surface area contributed by atoms with E-state index in [4.69, 9.17) is 5.73 Å². The number of hydrogen-bond donors (Lipinski definition) is 4. The summed E-state index contributed by atoms with van der Waals surface area (Å²) in [7, 11) is 2.15. The zero-order chi connectivity index (χ0) is 20.8. The van der Waals surface area contributed by atoms with Crippen molar-refractivity contribution in [2.45, 2.75) is 37.8 Å². The van der Waals surface area contributed by atoms with Crippen molar-refractivity contribution in [1.29, 1.82) is 0 Å². The van der Waals surface area contributed by atoms with Gasteiger partial charge in [-0.25, -0.2) is 0 Å². The summed E-state index contributed by atoms with van der Waals surface area (Å²) in [4.78, 5) is 13.7. The SMILES string of the molecule is CN(C[C@H]1CC[C@H](NCC(O)c2ccc(O)c(C(N)=O)c2)CC1)c1ccccc1. The van der Waals surface area contributed by atoms with Crippen molar-refractivity contribution in [3.8, 4) is 5.75 Å². The third-order valence-electron chi connectivity index (χ3n) is 5.85. The molecular formula is C23H31N3O3. The molecule has 0 spiro atoms. The second-order valence-electron chi connectivity index (χ2n) is 8.00. The van der Waals surface area contributed by atoms with Gasteiger partial charge in [0, 0.05) is 31.9 Å². The number of hydrogen-bond acceptors (Lipinski definition) is 5. The molecule has 1 aliphatic rings. The van der Waals surface area contributed by atoms with Crippen LogP contribution in [-0.2, 0) is 0 Å². The second-order valence-corrected chi connectivity index (χ2v) is 8.00. The van der Waals surface area contributed by atoms with E-state index in [0.29, 0.717) is 24.1 Å². The van der Waals surface area contributed by atoms with Gasteiger partial charge in [0.15, 0.2) is 0 Å². The van der Waals surface area contributed by atoms with E-state index in [1.54, 1.807) is 6.07 Å². The highest BCUT2D eigenvalue weighted by molar-refractivity contribution is 5.95. The van der Waals surface area contributed by atoms with Crippen LogP contribution < -0.4 is 16.0 Å². The van der Waals surface area contributed by atoms with Crippen molar-refractivity contribution in [3.05, 3.63) is 59.7 Å². The first-order chi connectivity index (χ1) is 13.9. The number of rotatable bonds is 8. The van der Waals surface area contributed by atoms with Gasteiger partial charge in [0.25, 0.3) is 5.91 Å². The van der Waals surface area contributed by atoms with E-state index < -0.39 is 12.0 Å². The van der Waals surface area contributed by atoms with Crippen LogP contribution in [0.4, 0.5) is 5.69 Å². The predicted molar refractivity (Wildman–Crippen MR) is 115 cm³/mol. The van der Waals surface area contributed by atoms with E-state index in [1.807, 2.05) is 6.07 Å². The minimum absolute atomic E-state index is 0.0320. The third kappa shape index (κ3) is 5.71. The molecule has 1 atom stereocenters. The number of nitrogens with zero attached hydrogens (tertiary/aromatic N) is 1. The van der Waals surface area contributed by atoms with E-state index in [-0.39, 0.29) is 11.3 Å². The number of anilines is 1. The van der Waals surface area contributed by atoms with Crippen LogP contribution in [0.3, 0.4) is 0 Å². The number of aromatic hydroxyl groups is 1. The first-order valence-electron chi connectivity index (χ1n) is 10.2. The lowest BCUT2D eigenvalue weighted by Gasteiger charge is -2.33. The smallest absolute Gasteiger partial charge is 0.252 e. The Morgan fingerprint density at radius 3 is 2.52 bits per heavy atom. The summed E-state index contributed by atoms with van der Waals surface area (Å²) in [5.41, 5.74) is 7.11. The quantitative estimate of drug-likeness (QED) is 0.549. The van der Waals surface area contributed by atoms with Crippen molar-refractivity contribution < 1.29 is 15.0 Å². The molecule has 2 aromatic rings. The molecular weight excluding hydrogens is 366 g/mol. The number of benzene rings is 2. The zero-order valence-corrected chi connectivity index (χ0v) is 16.9. The van der Waals surface area contributed by atoms with Crippen molar-refractivity contribution >= 4 is 11.6 Å². The Morgan fingerprint density at radius 1 is 1.17 bits per heavy atom. The molecule has 0 aliphatic heterocycles. The maximum absolute atomic E-state index is 11.4. The van der Waals surface area contributed by atoms with Gasteiger partial charge in [-0.1, -0.05) is 24.3 Å². The number of amides is 1. The Balaban J connectivity index is 1.44. The number of primary amides is 1. The minimum atomic E-state index is -0.754. The average Bonchev–Trinajstić information content (AvgIpc) is 2.73. The van der Waals surface area contributed by atoms with Gasteiger partial charge in [-0.3, -0.25) is 4.79 Å².